The lowest BCUT2D eigenvalue weighted by Gasteiger charge is -2.28. The Kier molecular flexibility index (Phi) is 6.67. The Bertz CT molecular complexity index is 1130. The molecular formula is C24H28N6O3. The van der Waals surface area contributed by atoms with Crippen LogP contribution in [0, 0.1) is 5.92 Å². The van der Waals surface area contributed by atoms with Crippen molar-refractivity contribution >= 4 is 17.5 Å². The van der Waals surface area contributed by atoms with E-state index in [1.54, 1.807) is 18.8 Å². The van der Waals surface area contributed by atoms with E-state index in [1.165, 1.54) is 0 Å². The number of likely N-dealkylation sites (tertiary alicyclic amines) is 1. The van der Waals surface area contributed by atoms with Gasteiger partial charge < -0.3 is 15.0 Å². The lowest BCUT2D eigenvalue weighted by molar-refractivity contribution is -0.129. The number of amides is 2. The number of tetrazole rings is 1. The fourth-order valence-electron chi connectivity index (χ4n) is 4.28. The molecule has 0 radical (unpaired) electrons. The molecule has 2 heterocycles. The summed E-state index contributed by atoms with van der Waals surface area (Å²) in [6, 6.07) is 14.7. The average Bonchev–Trinajstić information content (AvgIpc) is 3.40. The third-order valence-electron chi connectivity index (χ3n) is 5.99. The van der Waals surface area contributed by atoms with Gasteiger partial charge in [0.2, 0.25) is 11.8 Å². The number of hydrogen-bond acceptors (Lipinski definition) is 6. The summed E-state index contributed by atoms with van der Waals surface area (Å²) >= 11 is 0. The van der Waals surface area contributed by atoms with Crippen molar-refractivity contribution < 1.29 is 14.3 Å². The summed E-state index contributed by atoms with van der Waals surface area (Å²) in [6.07, 6.45) is 2.04. The van der Waals surface area contributed by atoms with Crippen LogP contribution in [0.25, 0.3) is 11.4 Å². The lowest BCUT2D eigenvalue weighted by Crippen LogP contribution is -2.33. The minimum atomic E-state index is -0.497. The minimum absolute atomic E-state index is 0.00308. The molecule has 1 aromatic heterocycles. The molecule has 1 aliphatic rings. The van der Waals surface area contributed by atoms with Crippen molar-refractivity contribution in [1.29, 1.82) is 0 Å². The number of ether oxygens (including phenoxy) is 1. The van der Waals surface area contributed by atoms with Gasteiger partial charge in [0, 0.05) is 31.3 Å². The molecule has 3 aromatic rings. The fourth-order valence-corrected chi connectivity index (χ4v) is 4.28. The molecule has 0 aliphatic carbocycles. The zero-order chi connectivity index (χ0) is 23.4. The van der Waals surface area contributed by atoms with Crippen LogP contribution in [0.15, 0.2) is 48.5 Å². The molecule has 2 aromatic carbocycles. The van der Waals surface area contributed by atoms with E-state index in [2.05, 4.69) is 27.8 Å². The van der Waals surface area contributed by atoms with Crippen molar-refractivity contribution in [1.82, 2.24) is 25.1 Å². The first-order chi connectivity index (χ1) is 16.0. The monoisotopic (exact) mass is 448 g/mol. The number of unbranched alkanes of at least 4 members (excludes halogenated alkanes) is 1. The van der Waals surface area contributed by atoms with Crippen molar-refractivity contribution in [3.8, 4) is 17.1 Å². The number of hydrogen-bond donors (Lipinski definition) is 1. The van der Waals surface area contributed by atoms with Crippen LogP contribution < -0.4 is 10.1 Å². The minimum Gasteiger partial charge on any atom is -0.497 e. The van der Waals surface area contributed by atoms with Crippen molar-refractivity contribution in [3.05, 3.63) is 54.1 Å². The smallest absolute Gasteiger partial charge is 0.230 e. The predicted molar refractivity (Wildman–Crippen MR) is 123 cm³/mol. The molecule has 172 valence electrons. The topological polar surface area (TPSA) is 102 Å². The number of nitrogens with one attached hydrogen (secondary N) is 1. The van der Waals surface area contributed by atoms with E-state index in [0.717, 1.165) is 29.7 Å². The molecule has 2 atom stereocenters. The first-order valence-electron chi connectivity index (χ1n) is 11.1. The number of aryl methyl sites for hydroxylation is 1. The zero-order valence-electron chi connectivity index (χ0n) is 19.1. The second-order valence-electron chi connectivity index (χ2n) is 8.17. The van der Waals surface area contributed by atoms with Gasteiger partial charge in [-0.3, -0.25) is 9.59 Å². The van der Waals surface area contributed by atoms with E-state index in [0.29, 0.717) is 18.1 Å². The van der Waals surface area contributed by atoms with E-state index in [4.69, 9.17) is 4.74 Å². The molecule has 1 N–H and O–H groups in total. The quantitative estimate of drug-likeness (QED) is 0.568. The zero-order valence-corrected chi connectivity index (χ0v) is 19.1. The highest BCUT2D eigenvalue weighted by Crippen LogP contribution is 2.39. The summed E-state index contributed by atoms with van der Waals surface area (Å²) in [5, 5.41) is 14.6. The summed E-state index contributed by atoms with van der Waals surface area (Å²) < 4.78 is 6.84. The van der Waals surface area contributed by atoms with Crippen molar-refractivity contribution in [2.24, 2.45) is 13.0 Å². The van der Waals surface area contributed by atoms with Crippen LogP contribution in [0.3, 0.4) is 0 Å². The molecule has 1 fully saturated rings. The molecule has 0 saturated carbocycles. The molecule has 1 aliphatic heterocycles. The first kappa shape index (κ1) is 22.4. The standard InChI is InChI=1S/C24H28N6O3/c1-4-5-13-30-21(31)15-20(22(30)16-9-11-19(33-3)12-10-16)24(32)25-18-8-6-7-17(14-18)23-26-27-28-29(23)2/h6-12,14,20,22H,4-5,13,15H2,1-3H3,(H,25,32)/t20-,22+/m1/s1. The van der Waals surface area contributed by atoms with Crippen LogP contribution >= 0.6 is 0 Å². The van der Waals surface area contributed by atoms with Crippen LogP contribution in [-0.4, -0.2) is 50.6 Å². The van der Waals surface area contributed by atoms with Crippen LogP contribution in [0.5, 0.6) is 5.75 Å². The largest absolute Gasteiger partial charge is 0.497 e. The molecule has 2 amide bonds. The van der Waals surface area contributed by atoms with E-state index in [9.17, 15) is 9.59 Å². The number of methoxy groups -OCH3 is 1. The highest BCUT2D eigenvalue weighted by Gasteiger charge is 2.44. The van der Waals surface area contributed by atoms with Gasteiger partial charge in [-0.25, -0.2) is 4.68 Å². The van der Waals surface area contributed by atoms with Crippen LogP contribution in [0.2, 0.25) is 0 Å². The van der Waals surface area contributed by atoms with Gasteiger partial charge in [-0.05, 0) is 46.7 Å². The Morgan fingerprint density at radius 3 is 2.67 bits per heavy atom. The van der Waals surface area contributed by atoms with Crippen LogP contribution in [0.4, 0.5) is 5.69 Å². The molecule has 0 spiro atoms. The van der Waals surface area contributed by atoms with Gasteiger partial charge in [0.15, 0.2) is 5.82 Å². The maximum absolute atomic E-state index is 13.4. The molecule has 4 rings (SSSR count). The molecular weight excluding hydrogens is 420 g/mol. The SMILES string of the molecule is CCCCN1C(=O)C[C@@H](C(=O)Nc2cccc(-c3nnnn3C)c2)[C@@H]1c1ccc(OC)cc1. The fraction of sp³-hybridized carbons (Fsp3) is 0.375. The Morgan fingerprint density at radius 1 is 1.21 bits per heavy atom. The second-order valence-corrected chi connectivity index (χ2v) is 8.17. The summed E-state index contributed by atoms with van der Waals surface area (Å²) in [5.74, 6) is 0.658. The Hall–Kier alpha value is -3.75. The number of rotatable bonds is 8. The number of nitrogens with zero attached hydrogens (tertiary/aromatic N) is 5. The van der Waals surface area contributed by atoms with E-state index < -0.39 is 5.92 Å². The second kappa shape index (κ2) is 9.81. The number of carbonyl (C=O) groups is 2. The highest BCUT2D eigenvalue weighted by atomic mass is 16.5. The Morgan fingerprint density at radius 2 is 2.00 bits per heavy atom. The van der Waals surface area contributed by atoms with E-state index >= 15 is 0 Å². The Balaban J connectivity index is 1.59. The summed E-state index contributed by atoms with van der Waals surface area (Å²) in [7, 11) is 3.37. The third kappa shape index (κ3) is 4.72. The van der Waals surface area contributed by atoms with Crippen LogP contribution in [0.1, 0.15) is 37.8 Å². The summed E-state index contributed by atoms with van der Waals surface area (Å²) in [4.78, 5) is 28.1. The van der Waals surface area contributed by atoms with Gasteiger partial charge in [-0.2, -0.15) is 0 Å². The van der Waals surface area contributed by atoms with Gasteiger partial charge in [0.1, 0.15) is 5.75 Å². The van der Waals surface area contributed by atoms with Gasteiger partial charge in [0.05, 0.1) is 19.1 Å². The Labute approximate surface area is 192 Å². The van der Waals surface area contributed by atoms with E-state index in [1.807, 2.05) is 53.4 Å². The number of anilines is 1. The average molecular weight is 449 g/mol. The molecule has 9 nitrogen and oxygen atoms in total. The number of benzene rings is 2. The lowest BCUT2D eigenvalue weighted by atomic mass is 9.92. The number of carbonyl (C=O) groups excluding carboxylic acids is 2. The maximum Gasteiger partial charge on any atom is 0.230 e. The van der Waals surface area contributed by atoms with Crippen molar-refractivity contribution in [2.45, 2.75) is 32.2 Å². The summed E-state index contributed by atoms with van der Waals surface area (Å²) in [6.45, 7) is 2.72. The van der Waals surface area contributed by atoms with Crippen LogP contribution in [-0.2, 0) is 16.6 Å². The van der Waals surface area contributed by atoms with Gasteiger partial charge in [-0.1, -0.05) is 37.6 Å². The maximum atomic E-state index is 13.4. The summed E-state index contributed by atoms with van der Waals surface area (Å²) in [5.41, 5.74) is 2.35. The molecule has 1 saturated heterocycles. The van der Waals surface area contributed by atoms with Gasteiger partial charge >= 0.3 is 0 Å². The molecule has 0 unspecified atom stereocenters. The molecule has 9 heteroatoms. The third-order valence-corrected chi connectivity index (χ3v) is 5.99. The van der Waals surface area contributed by atoms with Crippen molar-refractivity contribution in [3.63, 3.8) is 0 Å². The first-order valence-corrected chi connectivity index (χ1v) is 11.1. The normalized spacial score (nSPS) is 17.9. The van der Waals surface area contributed by atoms with Crippen molar-refractivity contribution in [2.75, 3.05) is 19.0 Å². The predicted octanol–water partition coefficient (Wildman–Crippen LogP) is 3.21. The van der Waals surface area contributed by atoms with Gasteiger partial charge in [0.25, 0.3) is 0 Å². The highest BCUT2D eigenvalue weighted by molar-refractivity contribution is 5.98. The van der Waals surface area contributed by atoms with Gasteiger partial charge in [-0.15, -0.1) is 5.10 Å². The molecule has 33 heavy (non-hydrogen) atoms. The number of aromatic nitrogens is 4. The molecule has 0 bridgehead atoms. The van der Waals surface area contributed by atoms with E-state index in [-0.39, 0.29) is 24.3 Å².